The Balaban J connectivity index is 1.34. The monoisotopic (exact) mass is 525 g/mol. The molecule has 7 aromatic rings. The van der Waals surface area contributed by atoms with Crippen LogP contribution in [0.4, 0.5) is 0 Å². The molecule has 6 heteroatoms. The fourth-order valence-electron chi connectivity index (χ4n) is 5.51. The lowest BCUT2D eigenvalue weighted by Gasteiger charge is -2.29. The fourth-order valence-corrected chi connectivity index (χ4v) is 9.49. The molecule has 0 saturated carbocycles. The van der Waals surface area contributed by atoms with Crippen molar-refractivity contribution in [1.82, 2.24) is 14.5 Å². The molecule has 8 rings (SSSR count). The van der Waals surface area contributed by atoms with Crippen LogP contribution in [-0.2, 0) is 4.57 Å². The number of para-hydroxylation sites is 3. The van der Waals surface area contributed by atoms with Gasteiger partial charge in [-0.2, -0.15) is 0 Å². The van der Waals surface area contributed by atoms with Gasteiger partial charge in [-0.3, -0.25) is 4.57 Å². The lowest BCUT2D eigenvalue weighted by molar-refractivity contribution is 0.592. The van der Waals surface area contributed by atoms with E-state index in [2.05, 4.69) is 41.0 Å². The molecule has 1 atom stereocenters. The molecule has 2 aromatic heterocycles. The first-order valence-electron chi connectivity index (χ1n) is 12.5. The standard InChI is InChI=1S/C32H20N3OPS/c36-37(23-9-2-1-3-10-23)27-14-6-5-13-26(27)35-30-25(12-8-15-28(30)37)33-31(35)21-17-19-22(20-18-21)32-34-24-11-4-7-16-29(24)38-32/h1-20H. The van der Waals surface area contributed by atoms with Crippen LogP contribution in [0.1, 0.15) is 0 Å². The molecule has 0 N–H and O–H groups in total. The largest absolute Gasteiger partial charge is 0.308 e. The Morgan fingerprint density at radius 3 is 2.13 bits per heavy atom. The lowest BCUT2D eigenvalue weighted by Crippen LogP contribution is -2.32. The van der Waals surface area contributed by atoms with Gasteiger partial charge in [-0.05, 0) is 36.4 Å². The average Bonchev–Trinajstić information content (AvgIpc) is 3.59. The molecule has 1 aliphatic rings. The Morgan fingerprint density at radius 2 is 1.29 bits per heavy atom. The van der Waals surface area contributed by atoms with E-state index in [1.54, 1.807) is 11.3 Å². The van der Waals surface area contributed by atoms with Crippen molar-refractivity contribution in [2.45, 2.75) is 0 Å². The summed E-state index contributed by atoms with van der Waals surface area (Å²) in [4.78, 5) is 9.89. The highest BCUT2D eigenvalue weighted by Gasteiger charge is 2.39. The first-order valence-corrected chi connectivity index (χ1v) is 15.0. The molecule has 180 valence electrons. The first kappa shape index (κ1) is 21.7. The fraction of sp³-hybridized carbons (Fsp3) is 0. The van der Waals surface area contributed by atoms with E-state index in [1.807, 2.05) is 84.9 Å². The number of benzene rings is 5. The maximum absolute atomic E-state index is 15.0. The predicted octanol–water partition coefficient (Wildman–Crippen LogP) is 6.92. The van der Waals surface area contributed by atoms with Gasteiger partial charge < -0.3 is 4.57 Å². The number of hydrogen-bond donors (Lipinski definition) is 0. The van der Waals surface area contributed by atoms with Crippen LogP contribution in [0.25, 0.3) is 48.9 Å². The van der Waals surface area contributed by atoms with Crippen LogP contribution in [0, 0.1) is 0 Å². The molecule has 0 radical (unpaired) electrons. The SMILES string of the molecule is O=P1(c2ccccc2)c2ccccc2-n2c(-c3ccc(-c4nc5ccccc5s4)cc3)nc3cccc1c32. The molecule has 5 aromatic carbocycles. The minimum atomic E-state index is -3.07. The normalized spacial score (nSPS) is 16.1. The minimum Gasteiger partial charge on any atom is -0.308 e. The summed E-state index contributed by atoms with van der Waals surface area (Å²) in [6.07, 6.45) is 0. The van der Waals surface area contributed by atoms with Gasteiger partial charge in [-0.25, -0.2) is 9.97 Å². The first-order chi connectivity index (χ1) is 18.7. The number of nitrogens with zero attached hydrogens (tertiary/aromatic N) is 3. The second kappa shape index (κ2) is 8.09. The van der Waals surface area contributed by atoms with Crippen LogP contribution in [0.2, 0.25) is 0 Å². The number of hydrogen-bond acceptors (Lipinski definition) is 4. The van der Waals surface area contributed by atoms with E-state index in [1.165, 1.54) is 4.70 Å². The summed E-state index contributed by atoms with van der Waals surface area (Å²) in [6.45, 7) is 0. The predicted molar refractivity (Wildman–Crippen MR) is 158 cm³/mol. The van der Waals surface area contributed by atoms with Gasteiger partial charge in [0, 0.05) is 27.0 Å². The van der Waals surface area contributed by atoms with Gasteiger partial charge in [0.25, 0.3) is 0 Å². The molecule has 3 heterocycles. The molecule has 0 amide bonds. The van der Waals surface area contributed by atoms with Crippen molar-refractivity contribution >= 4 is 55.6 Å². The summed E-state index contributed by atoms with van der Waals surface area (Å²) in [5.41, 5.74) is 5.79. The number of fused-ring (bicyclic) bond motifs is 3. The molecule has 0 fully saturated rings. The van der Waals surface area contributed by atoms with Crippen LogP contribution < -0.4 is 15.9 Å². The quantitative estimate of drug-likeness (QED) is 0.235. The summed E-state index contributed by atoms with van der Waals surface area (Å²) < 4.78 is 18.4. The topological polar surface area (TPSA) is 47.8 Å². The number of imidazole rings is 1. The van der Waals surface area contributed by atoms with Crippen LogP contribution >= 0.6 is 18.5 Å². The molecule has 0 aliphatic carbocycles. The maximum Gasteiger partial charge on any atom is 0.175 e. The summed E-state index contributed by atoms with van der Waals surface area (Å²) in [7, 11) is -3.07. The van der Waals surface area contributed by atoms with Gasteiger partial charge in [-0.15, -0.1) is 11.3 Å². The molecule has 0 spiro atoms. The van der Waals surface area contributed by atoms with Gasteiger partial charge in [0.2, 0.25) is 0 Å². The Kier molecular flexibility index (Phi) is 4.63. The molecule has 1 unspecified atom stereocenters. The lowest BCUT2D eigenvalue weighted by atomic mass is 10.1. The number of thiazole rings is 1. The highest BCUT2D eigenvalue weighted by Crippen LogP contribution is 2.50. The van der Waals surface area contributed by atoms with E-state index < -0.39 is 7.14 Å². The molecular weight excluding hydrogens is 505 g/mol. The van der Waals surface area contributed by atoms with Gasteiger partial charge in [-0.1, -0.05) is 84.9 Å². The zero-order valence-corrected chi connectivity index (χ0v) is 21.9. The van der Waals surface area contributed by atoms with Gasteiger partial charge in [0.1, 0.15) is 10.8 Å². The Labute approximate surface area is 223 Å². The second-order valence-corrected chi connectivity index (χ2v) is 13.1. The van der Waals surface area contributed by atoms with Crippen molar-refractivity contribution in [3.05, 3.63) is 121 Å². The molecular formula is C32H20N3OPS. The van der Waals surface area contributed by atoms with Crippen molar-refractivity contribution in [1.29, 1.82) is 0 Å². The Morgan fingerprint density at radius 1 is 0.605 bits per heavy atom. The van der Waals surface area contributed by atoms with Crippen molar-refractivity contribution in [2.75, 3.05) is 0 Å². The Hall–Kier alpha value is -4.31. The van der Waals surface area contributed by atoms with Crippen LogP contribution in [0.3, 0.4) is 0 Å². The zero-order valence-electron chi connectivity index (χ0n) is 20.2. The summed E-state index contributed by atoms with van der Waals surface area (Å²) in [5.74, 6) is 0.843. The average molecular weight is 526 g/mol. The molecule has 4 nitrogen and oxygen atoms in total. The summed E-state index contributed by atoms with van der Waals surface area (Å²) in [6, 6.07) is 40.5. The zero-order chi connectivity index (χ0) is 25.3. The van der Waals surface area contributed by atoms with E-state index >= 15 is 4.57 Å². The van der Waals surface area contributed by atoms with Crippen LogP contribution in [0.15, 0.2) is 121 Å². The summed E-state index contributed by atoms with van der Waals surface area (Å²) in [5, 5.41) is 3.53. The molecule has 0 bridgehead atoms. The third kappa shape index (κ3) is 3.00. The van der Waals surface area contributed by atoms with Crippen molar-refractivity contribution < 1.29 is 4.57 Å². The molecule has 38 heavy (non-hydrogen) atoms. The molecule has 1 aliphatic heterocycles. The van der Waals surface area contributed by atoms with E-state index in [-0.39, 0.29) is 0 Å². The smallest absolute Gasteiger partial charge is 0.175 e. The van der Waals surface area contributed by atoms with Crippen LogP contribution in [0.5, 0.6) is 0 Å². The third-order valence-electron chi connectivity index (χ3n) is 7.26. The van der Waals surface area contributed by atoms with E-state index in [0.29, 0.717) is 0 Å². The van der Waals surface area contributed by atoms with Gasteiger partial charge in [0.05, 0.1) is 26.9 Å². The number of aromatic nitrogens is 3. The summed E-state index contributed by atoms with van der Waals surface area (Å²) >= 11 is 1.70. The van der Waals surface area contributed by atoms with Gasteiger partial charge >= 0.3 is 0 Å². The third-order valence-corrected chi connectivity index (χ3v) is 11.5. The minimum absolute atomic E-state index is 0.838. The van der Waals surface area contributed by atoms with Crippen molar-refractivity contribution in [3.63, 3.8) is 0 Å². The van der Waals surface area contributed by atoms with Crippen molar-refractivity contribution in [2.24, 2.45) is 0 Å². The van der Waals surface area contributed by atoms with E-state index in [0.717, 1.165) is 60.1 Å². The van der Waals surface area contributed by atoms with E-state index in [9.17, 15) is 0 Å². The second-order valence-electron chi connectivity index (χ2n) is 9.41. The maximum atomic E-state index is 15.0. The highest BCUT2D eigenvalue weighted by molar-refractivity contribution is 7.86. The van der Waals surface area contributed by atoms with Crippen molar-refractivity contribution in [3.8, 4) is 27.6 Å². The highest BCUT2D eigenvalue weighted by atomic mass is 32.1. The molecule has 0 saturated heterocycles. The van der Waals surface area contributed by atoms with Gasteiger partial charge in [0.15, 0.2) is 7.14 Å². The van der Waals surface area contributed by atoms with Crippen LogP contribution in [-0.4, -0.2) is 14.5 Å². The number of rotatable bonds is 3. The van der Waals surface area contributed by atoms with E-state index in [4.69, 9.17) is 9.97 Å². The Bertz CT molecular complexity index is 2030.